The summed E-state index contributed by atoms with van der Waals surface area (Å²) in [5.41, 5.74) is -1.10. The van der Waals surface area contributed by atoms with E-state index in [1.807, 2.05) is 13.8 Å². The summed E-state index contributed by atoms with van der Waals surface area (Å²) in [6, 6.07) is -0.821. The minimum Gasteiger partial charge on any atom is -0.394 e. The van der Waals surface area contributed by atoms with Crippen LogP contribution in [0.2, 0.25) is 0 Å². The standard InChI is InChI=1S/C12H18N2O3.Na/c1-3-8-6-4-5-7(2)12(8)9(15)13-11(17)14-10(12)16;/h7-8H,3-6H2,1-2H3,(H2,13,14,15,16,17);/q;+1/p-1. The maximum Gasteiger partial charge on any atom is 1.00 e. The Labute approximate surface area is 129 Å². The van der Waals surface area contributed by atoms with Crippen molar-refractivity contribution in [1.82, 2.24) is 5.32 Å². The summed E-state index contributed by atoms with van der Waals surface area (Å²) in [4.78, 5) is 35.4. The Balaban J connectivity index is 0.00000162. The molecular weight excluding hydrogens is 243 g/mol. The van der Waals surface area contributed by atoms with Crippen LogP contribution < -0.4 is 34.9 Å². The zero-order valence-electron chi connectivity index (χ0n) is 11.2. The Bertz CT molecular complexity index is 364. The number of amides is 4. The van der Waals surface area contributed by atoms with E-state index >= 15 is 0 Å². The van der Waals surface area contributed by atoms with E-state index < -0.39 is 23.3 Å². The molecule has 1 aliphatic carbocycles. The minimum atomic E-state index is -1.10. The van der Waals surface area contributed by atoms with E-state index in [4.69, 9.17) is 0 Å². The molecule has 5 nitrogen and oxygen atoms in total. The second kappa shape index (κ2) is 5.72. The van der Waals surface area contributed by atoms with Crippen LogP contribution in [0.3, 0.4) is 0 Å². The van der Waals surface area contributed by atoms with Crippen molar-refractivity contribution in [2.75, 3.05) is 0 Å². The van der Waals surface area contributed by atoms with Gasteiger partial charge in [0, 0.05) is 0 Å². The molecule has 1 saturated heterocycles. The van der Waals surface area contributed by atoms with Crippen LogP contribution >= 0.6 is 0 Å². The topological polar surface area (TPSA) is 77.3 Å². The van der Waals surface area contributed by atoms with Gasteiger partial charge in [0.05, 0.1) is 5.41 Å². The molecule has 6 heteroatoms. The molecule has 0 aromatic heterocycles. The number of imide groups is 2. The zero-order chi connectivity index (χ0) is 12.6. The molecule has 94 valence electrons. The van der Waals surface area contributed by atoms with Gasteiger partial charge in [-0.25, -0.2) is 0 Å². The van der Waals surface area contributed by atoms with Gasteiger partial charge in [-0.15, -0.1) is 0 Å². The first kappa shape index (κ1) is 15.7. The van der Waals surface area contributed by atoms with Gasteiger partial charge in [-0.05, 0) is 24.7 Å². The van der Waals surface area contributed by atoms with Crippen molar-refractivity contribution in [3.8, 4) is 0 Å². The van der Waals surface area contributed by atoms with Gasteiger partial charge in [0.1, 0.15) is 0 Å². The molecule has 18 heavy (non-hydrogen) atoms. The summed E-state index contributed by atoms with van der Waals surface area (Å²) in [6.45, 7) is 3.88. The molecule has 0 radical (unpaired) electrons. The third kappa shape index (κ3) is 2.12. The second-order valence-electron chi connectivity index (χ2n) is 4.98. The smallest absolute Gasteiger partial charge is 0.394 e. The number of nitrogens with zero attached hydrogens (tertiary/aromatic N) is 1. The molecule has 1 spiro atoms. The Morgan fingerprint density at radius 3 is 2.56 bits per heavy atom. The molecule has 0 bridgehead atoms. The van der Waals surface area contributed by atoms with Gasteiger partial charge >= 0.3 is 29.6 Å². The van der Waals surface area contributed by atoms with E-state index in [0.29, 0.717) is 0 Å². The largest absolute Gasteiger partial charge is 1.00 e. The van der Waals surface area contributed by atoms with Gasteiger partial charge in [0.25, 0.3) is 0 Å². The number of rotatable bonds is 1. The quantitative estimate of drug-likeness (QED) is 0.484. The van der Waals surface area contributed by atoms with E-state index in [-0.39, 0.29) is 41.4 Å². The van der Waals surface area contributed by atoms with Crippen LogP contribution in [0.5, 0.6) is 0 Å². The monoisotopic (exact) mass is 260 g/mol. The number of hydrogen-bond donors (Lipinski definition) is 1. The van der Waals surface area contributed by atoms with Crippen LogP contribution in [-0.2, 0) is 9.59 Å². The average molecular weight is 260 g/mol. The molecule has 3 unspecified atom stereocenters. The predicted molar refractivity (Wildman–Crippen MR) is 61.1 cm³/mol. The summed E-state index contributed by atoms with van der Waals surface area (Å²) >= 11 is 0. The van der Waals surface area contributed by atoms with Crippen LogP contribution in [0.4, 0.5) is 4.79 Å². The van der Waals surface area contributed by atoms with Crippen LogP contribution in [0.25, 0.3) is 5.32 Å². The number of urea groups is 1. The fourth-order valence-electron chi connectivity index (χ4n) is 3.36. The average Bonchev–Trinajstić information content (AvgIpc) is 2.26. The molecule has 1 aliphatic heterocycles. The molecule has 2 aliphatic rings. The fourth-order valence-corrected chi connectivity index (χ4v) is 3.36. The first-order valence-electron chi connectivity index (χ1n) is 6.15. The maximum absolute atomic E-state index is 12.2. The molecule has 1 N–H and O–H groups in total. The number of hydrogen-bond acceptors (Lipinski definition) is 3. The van der Waals surface area contributed by atoms with Crippen LogP contribution in [-0.4, -0.2) is 17.8 Å². The summed E-state index contributed by atoms with van der Waals surface area (Å²) in [7, 11) is 0. The Morgan fingerprint density at radius 1 is 1.33 bits per heavy atom. The zero-order valence-corrected chi connectivity index (χ0v) is 13.2. The Kier molecular flexibility index (Phi) is 4.98. The normalized spacial score (nSPS) is 35.8. The molecule has 3 atom stereocenters. The van der Waals surface area contributed by atoms with Crippen molar-refractivity contribution < 1.29 is 43.9 Å². The summed E-state index contributed by atoms with van der Waals surface area (Å²) in [5, 5.41) is 5.65. The van der Waals surface area contributed by atoms with Crippen molar-refractivity contribution in [3.63, 3.8) is 0 Å². The molecule has 2 fully saturated rings. The van der Waals surface area contributed by atoms with Crippen LogP contribution in [0.1, 0.15) is 39.5 Å². The number of barbiturate groups is 1. The van der Waals surface area contributed by atoms with Gasteiger partial charge in [0.15, 0.2) is 17.8 Å². The number of carbonyl (C=O) groups excluding carboxylic acids is 3. The van der Waals surface area contributed by atoms with E-state index in [1.165, 1.54) is 0 Å². The molecule has 1 heterocycles. The minimum absolute atomic E-state index is 0. The Morgan fingerprint density at radius 2 is 2.00 bits per heavy atom. The summed E-state index contributed by atoms with van der Waals surface area (Å²) in [6.07, 6.45) is 3.46. The van der Waals surface area contributed by atoms with E-state index in [9.17, 15) is 14.4 Å². The summed E-state index contributed by atoms with van der Waals surface area (Å²) < 4.78 is 0. The predicted octanol–water partition coefficient (Wildman–Crippen LogP) is -1.03. The van der Waals surface area contributed by atoms with Gasteiger partial charge in [-0.3, -0.25) is 14.4 Å². The SMILES string of the molecule is CCC1CCCC(C)C12C(=O)[N-]C(=O)NC2=O.[Na+]. The fraction of sp³-hybridized carbons (Fsp3) is 0.750. The third-order valence-corrected chi connectivity index (χ3v) is 4.26. The van der Waals surface area contributed by atoms with Gasteiger partial charge in [0.2, 0.25) is 0 Å². The molecule has 0 aromatic rings. The molecule has 1 saturated carbocycles. The van der Waals surface area contributed by atoms with Crippen molar-refractivity contribution in [1.29, 1.82) is 0 Å². The van der Waals surface area contributed by atoms with Crippen molar-refractivity contribution in [2.45, 2.75) is 39.5 Å². The van der Waals surface area contributed by atoms with Gasteiger partial charge in [-0.1, -0.05) is 26.7 Å². The van der Waals surface area contributed by atoms with E-state index in [0.717, 1.165) is 25.7 Å². The Hall–Kier alpha value is -0.390. The van der Waals surface area contributed by atoms with Crippen molar-refractivity contribution in [3.05, 3.63) is 5.32 Å². The van der Waals surface area contributed by atoms with Gasteiger partial charge < -0.3 is 10.6 Å². The maximum atomic E-state index is 12.2. The second-order valence-corrected chi connectivity index (χ2v) is 4.98. The van der Waals surface area contributed by atoms with E-state index in [1.54, 1.807) is 0 Å². The third-order valence-electron chi connectivity index (χ3n) is 4.26. The first-order valence-corrected chi connectivity index (χ1v) is 6.15. The van der Waals surface area contributed by atoms with E-state index in [2.05, 4.69) is 10.6 Å². The number of carbonyl (C=O) groups is 3. The number of nitrogens with one attached hydrogen (secondary N) is 1. The molecule has 2 rings (SSSR count). The van der Waals surface area contributed by atoms with Crippen LogP contribution in [0.15, 0.2) is 0 Å². The van der Waals surface area contributed by atoms with Gasteiger partial charge in [-0.2, -0.15) is 0 Å². The molecular formula is C12H17N2NaO3. The molecule has 0 aromatic carbocycles. The molecule has 4 amide bonds. The van der Waals surface area contributed by atoms with Crippen LogP contribution in [0, 0.1) is 17.3 Å². The van der Waals surface area contributed by atoms with Crippen molar-refractivity contribution in [2.24, 2.45) is 17.3 Å². The first-order chi connectivity index (χ1) is 8.03. The summed E-state index contributed by atoms with van der Waals surface area (Å²) in [5.74, 6) is -1.03. The van der Waals surface area contributed by atoms with Crippen molar-refractivity contribution >= 4 is 17.8 Å².